The lowest BCUT2D eigenvalue weighted by Gasteiger charge is -2.23. The fourth-order valence-corrected chi connectivity index (χ4v) is 1.76. The molecule has 0 saturated heterocycles. The predicted octanol–water partition coefficient (Wildman–Crippen LogP) is 0.145. The Labute approximate surface area is 84.9 Å². The van der Waals surface area contributed by atoms with Crippen LogP contribution in [0.1, 0.15) is 39.0 Å². The molecular formula is C10H20N2O2. The molecule has 1 aliphatic rings. The normalized spacial score (nSPS) is 21.9. The second-order valence-corrected chi connectivity index (χ2v) is 4.14. The smallest absolute Gasteiger partial charge is 0.240 e. The first kappa shape index (κ1) is 11.5. The summed E-state index contributed by atoms with van der Waals surface area (Å²) in [7, 11) is 0. The molecule has 4 N–H and O–H groups in total. The second-order valence-electron chi connectivity index (χ2n) is 4.14. The van der Waals surface area contributed by atoms with Crippen LogP contribution in [0, 0.1) is 0 Å². The summed E-state index contributed by atoms with van der Waals surface area (Å²) >= 11 is 0. The van der Waals surface area contributed by atoms with Crippen LogP contribution in [0.15, 0.2) is 0 Å². The lowest BCUT2D eigenvalue weighted by Crippen LogP contribution is -2.53. The second kappa shape index (κ2) is 4.75. The molecule has 1 atom stereocenters. The van der Waals surface area contributed by atoms with E-state index < -0.39 is 11.6 Å². The van der Waals surface area contributed by atoms with Crippen molar-refractivity contribution in [3.05, 3.63) is 0 Å². The Hall–Kier alpha value is -0.610. The molecule has 0 spiro atoms. The lowest BCUT2D eigenvalue weighted by atomic mass is 9.98. The Morgan fingerprint density at radius 2 is 2.14 bits per heavy atom. The summed E-state index contributed by atoms with van der Waals surface area (Å²) in [4.78, 5) is 11.6. The number of rotatable bonds is 4. The lowest BCUT2D eigenvalue weighted by molar-refractivity contribution is -0.126. The molecule has 0 aromatic heterocycles. The van der Waals surface area contributed by atoms with Crippen molar-refractivity contribution < 1.29 is 9.90 Å². The molecule has 1 unspecified atom stereocenters. The third-order valence-corrected chi connectivity index (χ3v) is 2.92. The van der Waals surface area contributed by atoms with Gasteiger partial charge in [0.1, 0.15) is 0 Å². The molecule has 0 aliphatic heterocycles. The Morgan fingerprint density at radius 1 is 1.57 bits per heavy atom. The van der Waals surface area contributed by atoms with Gasteiger partial charge >= 0.3 is 0 Å². The van der Waals surface area contributed by atoms with E-state index in [1.807, 2.05) is 6.92 Å². The Kier molecular flexibility index (Phi) is 3.89. The van der Waals surface area contributed by atoms with Crippen LogP contribution in [0.3, 0.4) is 0 Å². The highest BCUT2D eigenvalue weighted by Crippen LogP contribution is 2.27. The largest absolute Gasteiger partial charge is 0.391 e. The van der Waals surface area contributed by atoms with Gasteiger partial charge < -0.3 is 16.2 Å². The van der Waals surface area contributed by atoms with Crippen molar-refractivity contribution >= 4 is 5.91 Å². The van der Waals surface area contributed by atoms with Crippen LogP contribution in [0.5, 0.6) is 0 Å². The molecule has 0 aromatic carbocycles. The maximum absolute atomic E-state index is 11.6. The summed E-state index contributed by atoms with van der Waals surface area (Å²) in [6.07, 6.45) is 3.78. The first-order valence-electron chi connectivity index (χ1n) is 5.34. The molecule has 1 aliphatic carbocycles. The van der Waals surface area contributed by atoms with E-state index in [2.05, 4.69) is 5.32 Å². The monoisotopic (exact) mass is 200 g/mol. The Morgan fingerprint density at radius 3 is 2.64 bits per heavy atom. The fraction of sp³-hybridized carbons (Fsp3) is 0.900. The van der Waals surface area contributed by atoms with E-state index in [0.29, 0.717) is 13.0 Å². The van der Waals surface area contributed by atoms with Gasteiger partial charge in [0.2, 0.25) is 5.91 Å². The number of aliphatic hydroxyl groups is 1. The average Bonchev–Trinajstić information content (AvgIpc) is 2.62. The predicted molar refractivity (Wildman–Crippen MR) is 54.7 cm³/mol. The maximum Gasteiger partial charge on any atom is 0.240 e. The summed E-state index contributed by atoms with van der Waals surface area (Å²) in [6.45, 7) is 2.19. The first-order valence-corrected chi connectivity index (χ1v) is 5.34. The number of carbonyl (C=O) groups excluding carboxylic acids is 1. The molecule has 4 heteroatoms. The van der Waals surface area contributed by atoms with Crippen molar-refractivity contribution in [3.8, 4) is 0 Å². The molecule has 82 valence electrons. The van der Waals surface area contributed by atoms with Crippen LogP contribution in [0.4, 0.5) is 0 Å². The van der Waals surface area contributed by atoms with E-state index in [4.69, 9.17) is 5.73 Å². The minimum absolute atomic E-state index is 0.109. The van der Waals surface area contributed by atoms with Crippen molar-refractivity contribution in [2.45, 2.75) is 50.7 Å². The van der Waals surface area contributed by atoms with Crippen LogP contribution in [-0.2, 0) is 4.79 Å². The van der Waals surface area contributed by atoms with Crippen LogP contribution in [0.25, 0.3) is 0 Å². The van der Waals surface area contributed by atoms with Gasteiger partial charge in [0.05, 0.1) is 11.6 Å². The van der Waals surface area contributed by atoms with E-state index in [1.165, 1.54) is 0 Å². The number of aliphatic hydroxyl groups excluding tert-OH is 1. The number of amides is 1. The molecule has 1 rings (SSSR count). The zero-order valence-electron chi connectivity index (χ0n) is 8.75. The van der Waals surface area contributed by atoms with E-state index >= 15 is 0 Å². The molecule has 0 aromatic rings. The van der Waals surface area contributed by atoms with Gasteiger partial charge in [-0.15, -0.1) is 0 Å². The van der Waals surface area contributed by atoms with Gasteiger partial charge in [-0.1, -0.05) is 19.8 Å². The van der Waals surface area contributed by atoms with Crippen molar-refractivity contribution in [1.29, 1.82) is 0 Å². The number of nitrogens with two attached hydrogens (primary N) is 1. The minimum atomic E-state index is -0.673. The zero-order valence-corrected chi connectivity index (χ0v) is 8.75. The van der Waals surface area contributed by atoms with E-state index in [1.54, 1.807) is 0 Å². The number of carbonyl (C=O) groups is 1. The van der Waals surface area contributed by atoms with Crippen molar-refractivity contribution in [2.24, 2.45) is 5.73 Å². The molecular weight excluding hydrogens is 180 g/mol. The van der Waals surface area contributed by atoms with E-state index in [9.17, 15) is 9.90 Å². The van der Waals surface area contributed by atoms with Gasteiger partial charge in [-0.05, 0) is 19.3 Å². The van der Waals surface area contributed by atoms with Crippen LogP contribution in [0.2, 0.25) is 0 Å². The summed E-state index contributed by atoms with van der Waals surface area (Å²) < 4.78 is 0. The molecule has 1 saturated carbocycles. The molecule has 14 heavy (non-hydrogen) atoms. The number of hydrogen-bond donors (Lipinski definition) is 3. The van der Waals surface area contributed by atoms with Gasteiger partial charge in [-0.2, -0.15) is 0 Å². The van der Waals surface area contributed by atoms with Crippen molar-refractivity contribution in [3.63, 3.8) is 0 Å². The van der Waals surface area contributed by atoms with Gasteiger partial charge in [0, 0.05) is 6.54 Å². The third kappa shape index (κ3) is 2.69. The topological polar surface area (TPSA) is 75.3 Å². The van der Waals surface area contributed by atoms with Crippen LogP contribution < -0.4 is 11.1 Å². The van der Waals surface area contributed by atoms with Crippen LogP contribution in [-0.4, -0.2) is 29.2 Å². The molecule has 4 nitrogen and oxygen atoms in total. The van der Waals surface area contributed by atoms with E-state index in [-0.39, 0.29) is 5.91 Å². The first-order chi connectivity index (χ1) is 6.58. The summed E-state index contributed by atoms with van der Waals surface area (Å²) in [5, 5.41) is 12.0. The maximum atomic E-state index is 11.6. The quantitative estimate of drug-likeness (QED) is 0.604. The minimum Gasteiger partial charge on any atom is -0.391 e. The Balaban J connectivity index is 2.34. The molecule has 0 radical (unpaired) electrons. The van der Waals surface area contributed by atoms with Gasteiger partial charge in [-0.25, -0.2) is 0 Å². The third-order valence-electron chi connectivity index (χ3n) is 2.92. The van der Waals surface area contributed by atoms with Gasteiger partial charge in [-0.3, -0.25) is 4.79 Å². The number of nitrogens with one attached hydrogen (secondary N) is 1. The zero-order chi connectivity index (χ0) is 10.6. The highest BCUT2D eigenvalue weighted by atomic mass is 16.3. The van der Waals surface area contributed by atoms with Gasteiger partial charge in [0.25, 0.3) is 0 Å². The standard InChI is InChI=1S/C10H20N2O2/c1-2-8(13)7-12-9(14)10(11)5-3-4-6-10/h8,13H,2-7,11H2,1H3,(H,12,14). The van der Waals surface area contributed by atoms with Crippen LogP contribution >= 0.6 is 0 Å². The number of hydrogen-bond acceptors (Lipinski definition) is 3. The van der Waals surface area contributed by atoms with E-state index in [0.717, 1.165) is 25.7 Å². The van der Waals surface area contributed by atoms with Crippen molar-refractivity contribution in [2.75, 3.05) is 6.54 Å². The molecule has 0 heterocycles. The Bertz CT molecular complexity index is 200. The summed E-state index contributed by atoms with van der Waals surface area (Å²) in [5.74, 6) is -0.109. The fourth-order valence-electron chi connectivity index (χ4n) is 1.76. The molecule has 0 bridgehead atoms. The molecule has 1 fully saturated rings. The SMILES string of the molecule is CCC(O)CNC(=O)C1(N)CCCC1. The summed E-state index contributed by atoms with van der Waals surface area (Å²) in [6, 6.07) is 0. The highest BCUT2D eigenvalue weighted by Gasteiger charge is 2.36. The van der Waals surface area contributed by atoms with Gasteiger partial charge in [0.15, 0.2) is 0 Å². The average molecular weight is 200 g/mol. The van der Waals surface area contributed by atoms with Crippen molar-refractivity contribution in [1.82, 2.24) is 5.32 Å². The molecule has 1 amide bonds. The summed E-state index contributed by atoms with van der Waals surface area (Å²) in [5.41, 5.74) is 5.26. The highest BCUT2D eigenvalue weighted by molar-refractivity contribution is 5.86.